The second-order valence-corrected chi connectivity index (χ2v) is 18.5. The third-order valence-electron chi connectivity index (χ3n) is 14.7. The average Bonchev–Trinajstić information content (AvgIpc) is 3.70. The fourth-order valence-corrected chi connectivity index (χ4v) is 11.6. The summed E-state index contributed by atoms with van der Waals surface area (Å²) in [5, 5.41) is 7.43. The molecule has 1 nitrogen and oxygen atoms in total. The van der Waals surface area contributed by atoms with Gasteiger partial charge in [0.1, 0.15) is 0 Å². The number of anilines is 3. The number of nitrogens with zero attached hydrogens (tertiary/aromatic N) is 1. The van der Waals surface area contributed by atoms with E-state index < -0.39 is 5.41 Å². The lowest BCUT2D eigenvalue weighted by atomic mass is 9.73. The molecule has 1 aliphatic carbocycles. The van der Waals surface area contributed by atoms with Crippen molar-refractivity contribution in [2.24, 2.45) is 0 Å². The highest BCUT2D eigenvalue weighted by molar-refractivity contribution is 6.22. The van der Waals surface area contributed by atoms with Gasteiger partial charge in [0.25, 0.3) is 0 Å². The molecule has 0 aliphatic heterocycles. The molecule has 12 aromatic rings. The molecule has 1 unspecified atom stereocenters. The van der Waals surface area contributed by atoms with Crippen LogP contribution >= 0.6 is 0 Å². The molecule has 1 heteroatoms. The van der Waals surface area contributed by atoms with Gasteiger partial charge in [0, 0.05) is 16.5 Å². The van der Waals surface area contributed by atoms with Gasteiger partial charge in [-0.15, -0.1) is 0 Å². The highest BCUT2D eigenvalue weighted by Gasteiger charge is 2.43. The summed E-state index contributed by atoms with van der Waals surface area (Å²) in [7, 11) is 0. The van der Waals surface area contributed by atoms with Crippen LogP contribution in [0.15, 0.2) is 267 Å². The maximum Gasteiger partial charge on any atom is 0.0540 e. The topological polar surface area (TPSA) is 3.24 Å². The molecule has 0 radical (unpaired) electrons. The Hall–Kier alpha value is -8.78. The van der Waals surface area contributed by atoms with E-state index in [1.54, 1.807) is 0 Å². The van der Waals surface area contributed by atoms with Crippen molar-refractivity contribution in [2.45, 2.75) is 12.3 Å². The lowest BCUT2D eigenvalue weighted by molar-refractivity contribution is 0.714. The summed E-state index contributed by atoms with van der Waals surface area (Å²) in [5.41, 5.74) is 19.2. The Morgan fingerprint density at radius 3 is 1.51 bits per heavy atom. The van der Waals surface area contributed by atoms with E-state index in [0.717, 1.165) is 16.9 Å². The number of hydrogen-bond acceptors (Lipinski definition) is 1. The van der Waals surface area contributed by atoms with Crippen molar-refractivity contribution in [2.75, 3.05) is 4.90 Å². The van der Waals surface area contributed by atoms with Crippen molar-refractivity contribution in [3.63, 3.8) is 0 Å². The molecule has 0 heterocycles. The third kappa shape index (κ3) is 6.54. The molecule has 0 spiro atoms. The first kappa shape index (κ1) is 40.5. The van der Waals surface area contributed by atoms with E-state index in [4.69, 9.17) is 0 Å². The molecule has 0 saturated heterocycles. The normalized spacial score (nSPS) is 13.9. The van der Waals surface area contributed by atoms with Crippen LogP contribution in [-0.4, -0.2) is 0 Å². The molecule has 13 rings (SSSR count). The highest BCUT2D eigenvalue weighted by atomic mass is 15.1. The van der Waals surface area contributed by atoms with E-state index in [1.807, 2.05) is 0 Å². The van der Waals surface area contributed by atoms with Crippen LogP contribution in [0.1, 0.15) is 23.6 Å². The fourth-order valence-electron chi connectivity index (χ4n) is 11.6. The van der Waals surface area contributed by atoms with Crippen molar-refractivity contribution < 1.29 is 0 Å². The lowest BCUT2D eigenvalue weighted by Gasteiger charge is -2.35. The Bertz CT molecular complexity index is 3880. The summed E-state index contributed by atoms with van der Waals surface area (Å²) in [6.45, 7) is 2.42. The van der Waals surface area contributed by atoms with Gasteiger partial charge < -0.3 is 4.90 Å². The van der Waals surface area contributed by atoms with Crippen molar-refractivity contribution in [3.8, 4) is 55.6 Å². The van der Waals surface area contributed by atoms with Gasteiger partial charge in [-0.1, -0.05) is 237 Å². The van der Waals surface area contributed by atoms with E-state index >= 15 is 0 Å². The second kappa shape index (κ2) is 16.5. The summed E-state index contributed by atoms with van der Waals surface area (Å²) in [4.78, 5) is 2.53. The Kier molecular flexibility index (Phi) is 9.70. The molecule has 12 aromatic carbocycles. The predicted octanol–water partition coefficient (Wildman–Crippen LogP) is 18.6. The number of fused-ring (bicyclic) bond motifs is 7. The van der Waals surface area contributed by atoms with Crippen LogP contribution in [-0.2, 0) is 5.41 Å². The molecule has 1 atom stereocenters. The smallest absolute Gasteiger partial charge is 0.0540 e. The van der Waals surface area contributed by atoms with Gasteiger partial charge in [0.2, 0.25) is 0 Å². The highest BCUT2D eigenvalue weighted by Crippen LogP contribution is 2.58. The maximum absolute atomic E-state index is 2.53. The van der Waals surface area contributed by atoms with Gasteiger partial charge in [-0.25, -0.2) is 0 Å². The van der Waals surface area contributed by atoms with Crippen LogP contribution in [0.5, 0.6) is 0 Å². The quantitative estimate of drug-likeness (QED) is 0.138. The van der Waals surface area contributed by atoms with Crippen molar-refractivity contribution in [3.05, 3.63) is 284 Å². The number of benzene rings is 12. The monoisotopic (exact) mass is 877 g/mol. The zero-order valence-corrected chi connectivity index (χ0v) is 38.4. The first-order chi connectivity index (χ1) is 34.1. The Balaban J connectivity index is 1.03. The first-order valence-corrected chi connectivity index (χ1v) is 24.0. The summed E-state index contributed by atoms with van der Waals surface area (Å²) in [5.74, 6) is 0. The molecule has 0 amide bonds. The first-order valence-electron chi connectivity index (χ1n) is 24.0. The van der Waals surface area contributed by atoms with Crippen LogP contribution in [0.25, 0.3) is 88.0 Å². The van der Waals surface area contributed by atoms with Crippen LogP contribution in [0.3, 0.4) is 0 Å². The minimum absolute atomic E-state index is 0.411. The van der Waals surface area contributed by atoms with E-state index in [2.05, 4.69) is 279 Å². The molecule has 69 heavy (non-hydrogen) atoms. The lowest BCUT2D eigenvalue weighted by Crippen LogP contribution is -2.25. The molecular weight excluding hydrogens is 831 g/mol. The van der Waals surface area contributed by atoms with Crippen LogP contribution < -0.4 is 4.90 Å². The van der Waals surface area contributed by atoms with E-state index in [1.165, 1.54) is 105 Å². The van der Waals surface area contributed by atoms with E-state index in [9.17, 15) is 0 Å². The molecule has 324 valence electrons. The summed E-state index contributed by atoms with van der Waals surface area (Å²) >= 11 is 0. The average molecular weight is 878 g/mol. The Morgan fingerprint density at radius 1 is 0.290 bits per heavy atom. The molecule has 0 bridgehead atoms. The van der Waals surface area contributed by atoms with Crippen LogP contribution in [0.4, 0.5) is 17.1 Å². The van der Waals surface area contributed by atoms with Crippen molar-refractivity contribution in [1.29, 1.82) is 0 Å². The van der Waals surface area contributed by atoms with E-state index in [-0.39, 0.29) is 0 Å². The second-order valence-electron chi connectivity index (χ2n) is 18.5. The molecule has 0 N–H and O–H groups in total. The van der Waals surface area contributed by atoms with Gasteiger partial charge in [0.15, 0.2) is 0 Å². The SMILES string of the molecule is CC1(c2ccccc2)c2ccccc2-c2cccc(N(c3ccc(-c4ccc5c(c4)c(-c4ccccc4)c(-c4ccccc4)c4ccccc45)cc3)c3ccc(-c4ccccc4)c4ccccc34)c21. The van der Waals surface area contributed by atoms with Gasteiger partial charge >= 0.3 is 0 Å². The fraction of sp³-hybridized carbons (Fsp3) is 0.0294. The van der Waals surface area contributed by atoms with Gasteiger partial charge in [-0.2, -0.15) is 0 Å². The van der Waals surface area contributed by atoms with Gasteiger partial charge in [0.05, 0.1) is 11.4 Å². The third-order valence-corrected chi connectivity index (χ3v) is 14.7. The standard InChI is InChI=1S/C68H47N/c1-68(51-27-12-5-13-28-51)62-35-19-18-31-57(62)60-34-20-36-64(67(60)68)69(63-44-43-53(47-21-6-2-7-22-47)54-29-14-16-32-58(54)63)52-40-37-46(38-41-52)50-39-42-56-55-30-15-17-33-59(55)65(48-23-8-3-9-24-48)66(61(56)45-50)49-25-10-4-11-26-49/h2-45H,1H3. The van der Waals surface area contributed by atoms with Crippen LogP contribution in [0, 0.1) is 0 Å². The number of rotatable bonds is 8. The molecule has 1 aliphatic rings. The van der Waals surface area contributed by atoms with Gasteiger partial charge in [-0.3, -0.25) is 0 Å². The Labute approximate surface area is 403 Å². The summed E-state index contributed by atoms with van der Waals surface area (Å²) < 4.78 is 0. The Morgan fingerprint density at radius 2 is 0.812 bits per heavy atom. The maximum atomic E-state index is 2.53. The zero-order chi connectivity index (χ0) is 45.9. The number of hydrogen-bond donors (Lipinski definition) is 0. The summed E-state index contributed by atoms with van der Waals surface area (Å²) in [6, 6.07) is 98.4. The molecule has 0 saturated carbocycles. The minimum atomic E-state index is -0.411. The minimum Gasteiger partial charge on any atom is -0.310 e. The summed E-state index contributed by atoms with van der Waals surface area (Å²) in [6.07, 6.45) is 0. The molecule has 0 aromatic heterocycles. The van der Waals surface area contributed by atoms with Crippen molar-refractivity contribution >= 4 is 49.4 Å². The van der Waals surface area contributed by atoms with Gasteiger partial charge in [-0.05, 0) is 137 Å². The molecular formula is C68H47N. The van der Waals surface area contributed by atoms with E-state index in [0.29, 0.717) is 0 Å². The zero-order valence-electron chi connectivity index (χ0n) is 38.4. The molecule has 0 fully saturated rings. The van der Waals surface area contributed by atoms with Crippen molar-refractivity contribution in [1.82, 2.24) is 0 Å². The largest absolute Gasteiger partial charge is 0.310 e. The van der Waals surface area contributed by atoms with Crippen LogP contribution in [0.2, 0.25) is 0 Å². The predicted molar refractivity (Wildman–Crippen MR) is 293 cm³/mol.